The summed E-state index contributed by atoms with van der Waals surface area (Å²) in [7, 11) is 0. The van der Waals surface area contributed by atoms with Crippen LogP contribution in [0.4, 0.5) is 0 Å². The van der Waals surface area contributed by atoms with E-state index in [-0.39, 0.29) is 21.9 Å². The summed E-state index contributed by atoms with van der Waals surface area (Å²) < 4.78 is 0. The first-order valence-electron chi connectivity index (χ1n) is 5.46. The van der Waals surface area contributed by atoms with E-state index in [1.54, 1.807) is 19.1 Å². The van der Waals surface area contributed by atoms with Gasteiger partial charge in [0.2, 0.25) is 17.5 Å². The first-order chi connectivity index (χ1) is 8.93. The standard InChI is InChI=1S/C13H9BrClNO3/c1-6(14)13(19)16-10-9(15)11(17)7-4-2-3-5-8(7)12(10)18/h2-6H,1H3,(H,16,19). The zero-order chi connectivity index (χ0) is 14.2. The first kappa shape index (κ1) is 14.0. The lowest BCUT2D eigenvalue weighted by Crippen LogP contribution is -2.36. The van der Waals surface area contributed by atoms with Crippen LogP contribution in [-0.4, -0.2) is 22.3 Å². The highest BCUT2D eigenvalue weighted by Gasteiger charge is 2.32. The van der Waals surface area contributed by atoms with Crippen molar-refractivity contribution in [3.63, 3.8) is 0 Å². The minimum Gasteiger partial charge on any atom is -0.320 e. The molecule has 0 spiro atoms. The van der Waals surface area contributed by atoms with E-state index >= 15 is 0 Å². The molecule has 1 aromatic carbocycles. The fourth-order valence-electron chi connectivity index (χ4n) is 1.68. The molecule has 1 unspecified atom stereocenters. The second-order valence-corrected chi connectivity index (χ2v) is 5.75. The molecule has 0 saturated heterocycles. The van der Waals surface area contributed by atoms with Gasteiger partial charge in [0.25, 0.3) is 0 Å². The molecule has 98 valence electrons. The van der Waals surface area contributed by atoms with E-state index in [1.165, 1.54) is 12.1 Å². The van der Waals surface area contributed by atoms with Crippen molar-refractivity contribution in [2.45, 2.75) is 11.8 Å². The van der Waals surface area contributed by atoms with Gasteiger partial charge >= 0.3 is 0 Å². The molecule has 6 heteroatoms. The highest BCUT2D eigenvalue weighted by atomic mass is 79.9. The number of allylic oxidation sites excluding steroid dienone is 2. The highest BCUT2D eigenvalue weighted by molar-refractivity contribution is 9.10. The van der Waals surface area contributed by atoms with Gasteiger partial charge in [0.1, 0.15) is 10.7 Å². The second kappa shape index (κ2) is 5.27. The van der Waals surface area contributed by atoms with Crippen LogP contribution in [0.25, 0.3) is 0 Å². The van der Waals surface area contributed by atoms with Crippen LogP contribution in [0.2, 0.25) is 0 Å². The molecule has 1 aliphatic carbocycles. The Bertz CT molecular complexity index is 622. The molecule has 4 nitrogen and oxygen atoms in total. The molecule has 1 atom stereocenters. The number of carbonyl (C=O) groups is 3. The minimum atomic E-state index is -0.496. The number of hydrogen-bond acceptors (Lipinski definition) is 3. The van der Waals surface area contributed by atoms with Crippen LogP contribution in [0, 0.1) is 0 Å². The molecule has 0 bridgehead atoms. The third kappa shape index (κ3) is 2.48. The summed E-state index contributed by atoms with van der Waals surface area (Å²) in [5.74, 6) is -1.36. The van der Waals surface area contributed by atoms with Gasteiger partial charge in [-0.15, -0.1) is 0 Å². The Labute approximate surface area is 122 Å². The van der Waals surface area contributed by atoms with Gasteiger partial charge in [-0.25, -0.2) is 0 Å². The lowest BCUT2D eigenvalue weighted by atomic mass is 9.92. The Balaban J connectivity index is 2.46. The van der Waals surface area contributed by atoms with Gasteiger partial charge in [0.15, 0.2) is 0 Å². The fourth-order valence-corrected chi connectivity index (χ4v) is 2.03. The lowest BCUT2D eigenvalue weighted by Gasteiger charge is -2.18. The number of ketones is 2. The normalized spacial score (nSPS) is 16.2. The number of amides is 1. The number of rotatable bonds is 2. The quantitative estimate of drug-likeness (QED) is 0.840. The van der Waals surface area contributed by atoms with Crippen molar-refractivity contribution < 1.29 is 14.4 Å². The van der Waals surface area contributed by atoms with E-state index in [9.17, 15) is 14.4 Å². The van der Waals surface area contributed by atoms with Crippen molar-refractivity contribution >= 4 is 45.0 Å². The molecule has 0 aliphatic heterocycles. The largest absolute Gasteiger partial charge is 0.320 e. The number of hydrogen-bond donors (Lipinski definition) is 1. The SMILES string of the molecule is CC(Br)C(=O)NC1=C(Cl)C(=O)c2ccccc2C1=O. The summed E-state index contributed by atoms with van der Waals surface area (Å²) in [6.07, 6.45) is 0. The molecule has 0 heterocycles. The predicted molar refractivity (Wildman–Crippen MR) is 74.5 cm³/mol. The summed E-state index contributed by atoms with van der Waals surface area (Å²) in [5.41, 5.74) is 0.332. The molecular weight excluding hydrogens is 334 g/mol. The number of Topliss-reactive ketones (excluding diaryl/α,β-unsaturated/α-hetero) is 2. The summed E-state index contributed by atoms with van der Waals surface area (Å²) in [5, 5.41) is 2.12. The Morgan fingerprint density at radius 3 is 2.26 bits per heavy atom. The predicted octanol–water partition coefficient (Wildman–Crippen LogP) is 2.42. The number of benzene rings is 1. The Hall–Kier alpha value is -1.46. The number of carbonyl (C=O) groups excluding carboxylic acids is 3. The average molecular weight is 343 g/mol. The van der Waals surface area contributed by atoms with E-state index in [0.717, 1.165) is 0 Å². The molecule has 0 saturated carbocycles. The molecule has 1 aromatic rings. The van der Waals surface area contributed by atoms with Crippen LogP contribution in [0.5, 0.6) is 0 Å². The van der Waals surface area contributed by atoms with E-state index in [1.807, 2.05) is 0 Å². The van der Waals surface area contributed by atoms with Gasteiger partial charge in [0.05, 0.1) is 4.83 Å². The van der Waals surface area contributed by atoms with Gasteiger partial charge in [0, 0.05) is 11.1 Å². The molecule has 1 aliphatic rings. The van der Waals surface area contributed by atoms with E-state index in [0.29, 0.717) is 0 Å². The first-order valence-corrected chi connectivity index (χ1v) is 6.76. The Morgan fingerprint density at radius 1 is 1.21 bits per heavy atom. The van der Waals surface area contributed by atoms with Crippen LogP contribution >= 0.6 is 27.5 Å². The zero-order valence-corrected chi connectivity index (χ0v) is 12.2. The lowest BCUT2D eigenvalue weighted by molar-refractivity contribution is -0.119. The maximum atomic E-state index is 12.2. The zero-order valence-electron chi connectivity index (χ0n) is 9.87. The Morgan fingerprint density at radius 2 is 1.74 bits per heavy atom. The topological polar surface area (TPSA) is 63.2 Å². The smallest absolute Gasteiger partial charge is 0.238 e. The molecule has 0 aromatic heterocycles. The summed E-state index contributed by atoms with van der Waals surface area (Å²) in [6.45, 7) is 1.60. The van der Waals surface area contributed by atoms with Crippen molar-refractivity contribution in [2.75, 3.05) is 0 Å². The van der Waals surface area contributed by atoms with E-state index < -0.39 is 22.3 Å². The van der Waals surface area contributed by atoms with Crippen molar-refractivity contribution in [2.24, 2.45) is 0 Å². The molecular formula is C13H9BrClNO3. The summed E-state index contributed by atoms with van der Waals surface area (Å²) in [4.78, 5) is 35.3. The molecule has 1 N–H and O–H groups in total. The van der Waals surface area contributed by atoms with Gasteiger partial charge < -0.3 is 5.32 Å². The summed E-state index contributed by atoms with van der Waals surface area (Å²) in [6, 6.07) is 6.36. The van der Waals surface area contributed by atoms with Gasteiger partial charge in [-0.3, -0.25) is 14.4 Å². The number of halogens is 2. The molecule has 1 amide bonds. The van der Waals surface area contributed by atoms with Crippen molar-refractivity contribution in [3.05, 3.63) is 46.1 Å². The van der Waals surface area contributed by atoms with Crippen molar-refractivity contribution in [1.29, 1.82) is 0 Å². The molecule has 19 heavy (non-hydrogen) atoms. The third-order valence-electron chi connectivity index (χ3n) is 2.67. The van der Waals surface area contributed by atoms with Gasteiger partial charge in [-0.1, -0.05) is 51.8 Å². The second-order valence-electron chi connectivity index (χ2n) is 4.00. The van der Waals surface area contributed by atoms with Crippen LogP contribution in [0.1, 0.15) is 27.6 Å². The van der Waals surface area contributed by atoms with Crippen LogP contribution in [0.3, 0.4) is 0 Å². The van der Waals surface area contributed by atoms with Crippen LogP contribution in [0.15, 0.2) is 35.0 Å². The van der Waals surface area contributed by atoms with Crippen molar-refractivity contribution in [1.82, 2.24) is 5.32 Å². The average Bonchev–Trinajstić information content (AvgIpc) is 2.40. The van der Waals surface area contributed by atoms with Crippen molar-refractivity contribution in [3.8, 4) is 0 Å². The fraction of sp³-hybridized carbons (Fsp3) is 0.154. The number of alkyl halides is 1. The summed E-state index contributed by atoms with van der Waals surface area (Å²) >= 11 is 8.96. The molecule has 2 rings (SSSR count). The maximum absolute atomic E-state index is 12.2. The van der Waals surface area contributed by atoms with Crippen LogP contribution < -0.4 is 5.32 Å². The van der Waals surface area contributed by atoms with Crippen LogP contribution in [-0.2, 0) is 4.79 Å². The molecule has 0 radical (unpaired) electrons. The highest BCUT2D eigenvalue weighted by Crippen LogP contribution is 2.27. The number of nitrogens with one attached hydrogen (secondary N) is 1. The maximum Gasteiger partial charge on any atom is 0.238 e. The van der Waals surface area contributed by atoms with Gasteiger partial charge in [-0.05, 0) is 6.92 Å². The van der Waals surface area contributed by atoms with E-state index in [4.69, 9.17) is 11.6 Å². The Kier molecular flexibility index (Phi) is 3.87. The van der Waals surface area contributed by atoms with E-state index in [2.05, 4.69) is 21.2 Å². The third-order valence-corrected chi connectivity index (χ3v) is 3.45. The molecule has 0 fully saturated rings. The monoisotopic (exact) mass is 341 g/mol. The van der Waals surface area contributed by atoms with Gasteiger partial charge in [-0.2, -0.15) is 0 Å². The number of fused-ring (bicyclic) bond motifs is 1. The minimum absolute atomic E-state index is 0.165.